The van der Waals surface area contributed by atoms with Crippen LogP contribution in [-0.4, -0.2) is 60.8 Å². The van der Waals surface area contributed by atoms with Crippen LogP contribution in [0.3, 0.4) is 0 Å². The summed E-state index contributed by atoms with van der Waals surface area (Å²) in [7, 11) is -3.98. The topological polar surface area (TPSA) is 101 Å². The molecule has 2 atom stereocenters. The molecule has 4 fully saturated rings. The molecule has 0 aromatic rings. The minimum Gasteiger partial charge on any atom is -0.748 e. The number of carbonyl (C=O) groups is 2. The number of ketones is 2. The van der Waals surface area contributed by atoms with Gasteiger partial charge in [-0.1, -0.05) is 33.1 Å². The average molecular weight is 461 g/mol. The van der Waals surface area contributed by atoms with E-state index in [1.54, 1.807) is 0 Å². The van der Waals surface area contributed by atoms with E-state index in [0.717, 1.165) is 49.7 Å². The number of rotatable bonds is 5. The summed E-state index contributed by atoms with van der Waals surface area (Å²) >= 11 is 0. The van der Waals surface area contributed by atoms with Crippen LogP contribution in [0.4, 0.5) is 0 Å². The summed E-state index contributed by atoms with van der Waals surface area (Å²) in [6, 6.07) is 0. The molecule has 2 unspecified atom stereocenters. The number of carbonyl (C=O) groups excluding carboxylic acids is 2. The van der Waals surface area contributed by atoms with Gasteiger partial charge in [-0.2, -0.15) is 0 Å². The molecule has 6 nitrogen and oxygen atoms in total. The zero-order valence-electron chi connectivity index (χ0n) is 18.3. The van der Waals surface area contributed by atoms with Crippen LogP contribution in [0, 0.1) is 22.7 Å². The Morgan fingerprint density at radius 2 is 1.77 bits per heavy atom. The minimum atomic E-state index is -4.33. The van der Waals surface area contributed by atoms with Crippen LogP contribution in [0.5, 0.6) is 0 Å². The summed E-state index contributed by atoms with van der Waals surface area (Å²) in [5.41, 5.74) is -1.22. The molecule has 3 saturated carbocycles. The molecular weight excluding hydrogens is 424 g/mol. The lowest BCUT2D eigenvalue weighted by Crippen LogP contribution is -2.42. The third-order valence-electron chi connectivity index (χ3n) is 8.00. The van der Waals surface area contributed by atoms with E-state index in [9.17, 15) is 22.6 Å². The second kappa shape index (κ2) is 9.59. The maximum absolute atomic E-state index is 12.0. The van der Waals surface area contributed by atoms with Gasteiger partial charge in [0.2, 0.25) is 0 Å². The quantitative estimate of drug-likeness (QED) is 0.462. The number of Topliss-reactive ketones (excluding diaryl/α,β-unsaturated/α-hetero) is 2. The van der Waals surface area contributed by atoms with Crippen LogP contribution < -0.4 is 0 Å². The van der Waals surface area contributed by atoms with E-state index in [1.165, 1.54) is 19.3 Å². The maximum Gasteiger partial charge on any atom is 0.184 e. The number of hydrogen-bond acceptors (Lipinski definition) is 6. The van der Waals surface area contributed by atoms with Crippen LogP contribution in [0.1, 0.15) is 65.2 Å². The Morgan fingerprint density at radius 1 is 1.13 bits per heavy atom. The molecule has 0 aromatic heterocycles. The highest BCUT2D eigenvalue weighted by molar-refractivity contribution is 7.97. The Balaban J connectivity index is 0.000000171. The first-order valence-electron chi connectivity index (χ1n) is 11.3. The second-order valence-electron chi connectivity index (χ2n) is 9.95. The van der Waals surface area contributed by atoms with Crippen LogP contribution in [0.25, 0.3) is 0 Å². The van der Waals surface area contributed by atoms with Crippen molar-refractivity contribution < 1.29 is 27.3 Å². The van der Waals surface area contributed by atoms with E-state index < -0.39 is 21.3 Å². The van der Waals surface area contributed by atoms with Crippen LogP contribution >= 0.6 is 0 Å². The van der Waals surface area contributed by atoms with Crippen molar-refractivity contribution in [3.05, 3.63) is 0 Å². The van der Waals surface area contributed by atoms with Crippen molar-refractivity contribution in [3.63, 3.8) is 0 Å². The zero-order chi connectivity index (χ0) is 22.0. The average Bonchev–Trinajstić information content (AvgIpc) is 3.03. The summed E-state index contributed by atoms with van der Waals surface area (Å²) in [4.78, 5) is 23.9. The highest BCUT2D eigenvalue weighted by Gasteiger charge is 2.64. The van der Waals surface area contributed by atoms with Gasteiger partial charge in [0.15, 0.2) is 11.5 Å². The van der Waals surface area contributed by atoms with Crippen molar-refractivity contribution in [2.24, 2.45) is 22.7 Å². The first-order valence-corrected chi connectivity index (χ1v) is 14.6. The molecule has 0 aromatic carbocycles. The van der Waals surface area contributed by atoms with Crippen LogP contribution in [0.2, 0.25) is 0 Å². The highest BCUT2D eigenvalue weighted by Crippen LogP contribution is 2.64. The smallest absolute Gasteiger partial charge is 0.184 e. The molecule has 0 radical (unpaired) electrons. The second-order valence-corrected chi connectivity index (χ2v) is 13.7. The standard InChI is InChI=1S/C12H21O2S.C10H16O4S/c13-12(11-4-2-1-3-5-11)10-15-8-6-14-7-9-15;1-9(2)7-3-4-10(9,8(11)5-7)6-15(12,13)14/h11H,1-10H2;7H,3-6H2,1-2H3,(H,12,13,14)/q+1;/p-1. The monoisotopic (exact) mass is 460 g/mol. The van der Waals surface area contributed by atoms with Gasteiger partial charge in [0.1, 0.15) is 17.3 Å². The Hall–Kier alpha value is -0.440. The minimum absolute atomic E-state index is 0.0248. The molecule has 30 heavy (non-hydrogen) atoms. The molecule has 0 N–H and O–H groups in total. The van der Waals surface area contributed by atoms with Crippen LogP contribution in [-0.2, 0) is 35.3 Å². The van der Waals surface area contributed by atoms with E-state index in [4.69, 9.17) is 4.74 Å². The van der Waals surface area contributed by atoms with Crippen molar-refractivity contribution >= 4 is 32.6 Å². The van der Waals surface area contributed by atoms with Gasteiger partial charge in [-0.3, -0.25) is 9.59 Å². The van der Waals surface area contributed by atoms with Gasteiger partial charge in [0.25, 0.3) is 0 Å². The summed E-state index contributed by atoms with van der Waals surface area (Å²) in [6.45, 7) is 5.59. The predicted octanol–water partition coefficient (Wildman–Crippen LogP) is 2.71. The molecule has 1 aliphatic heterocycles. The molecular formula is C22H36O6S2. The Kier molecular flexibility index (Phi) is 7.74. The summed E-state index contributed by atoms with van der Waals surface area (Å²) in [5, 5.41) is 0. The molecule has 2 bridgehead atoms. The van der Waals surface area contributed by atoms with E-state index in [0.29, 0.717) is 35.4 Å². The first kappa shape index (κ1) is 24.2. The SMILES string of the molecule is CC1(C)C2CCC1(CS(=O)(=O)[O-])C(=O)C2.O=C(C[S+]1CCOCC1)C1CCCCC1. The molecule has 172 valence electrons. The fraction of sp³-hybridized carbons (Fsp3) is 0.909. The Labute approximate surface area is 184 Å². The Bertz CT molecular complexity index is 735. The maximum atomic E-state index is 12.0. The lowest BCUT2D eigenvalue weighted by molar-refractivity contribution is -0.128. The fourth-order valence-electron chi connectivity index (χ4n) is 5.86. The van der Waals surface area contributed by atoms with E-state index in [-0.39, 0.29) is 17.1 Å². The van der Waals surface area contributed by atoms with Gasteiger partial charge >= 0.3 is 0 Å². The van der Waals surface area contributed by atoms with Gasteiger partial charge in [0.05, 0.1) is 29.1 Å². The van der Waals surface area contributed by atoms with Gasteiger partial charge in [-0.15, -0.1) is 0 Å². The number of fused-ring (bicyclic) bond motifs is 2. The van der Waals surface area contributed by atoms with E-state index in [2.05, 4.69) is 0 Å². The van der Waals surface area contributed by atoms with Crippen molar-refractivity contribution in [3.8, 4) is 0 Å². The molecule has 1 saturated heterocycles. The summed E-state index contributed by atoms with van der Waals surface area (Å²) < 4.78 is 38.0. The summed E-state index contributed by atoms with van der Waals surface area (Å²) in [5.74, 6) is 3.79. The normalized spacial score (nSPS) is 32.0. The van der Waals surface area contributed by atoms with E-state index in [1.807, 2.05) is 13.8 Å². The van der Waals surface area contributed by atoms with Crippen molar-refractivity contribution in [1.29, 1.82) is 0 Å². The molecule has 8 heteroatoms. The van der Waals surface area contributed by atoms with Crippen molar-refractivity contribution in [2.75, 3.05) is 36.2 Å². The predicted molar refractivity (Wildman–Crippen MR) is 117 cm³/mol. The first-order chi connectivity index (χ1) is 14.1. The Morgan fingerprint density at radius 3 is 2.27 bits per heavy atom. The summed E-state index contributed by atoms with van der Waals surface area (Å²) in [6.07, 6.45) is 8.07. The van der Waals surface area contributed by atoms with Gasteiger partial charge < -0.3 is 9.29 Å². The molecule has 4 aliphatic rings. The van der Waals surface area contributed by atoms with Crippen molar-refractivity contribution in [1.82, 2.24) is 0 Å². The number of ether oxygens (including phenoxy) is 1. The fourth-order valence-corrected chi connectivity index (χ4v) is 8.97. The highest BCUT2D eigenvalue weighted by atomic mass is 32.2. The lowest BCUT2D eigenvalue weighted by Gasteiger charge is -2.37. The van der Waals surface area contributed by atoms with Gasteiger partial charge in [-0.25, -0.2) is 8.42 Å². The molecule has 0 spiro atoms. The molecule has 3 aliphatic carbocycles. The van der Waals surface area contributed by atoms with Gasteiger partial charge in [-0.05, 0) is 47.9 Å². The largest absolute Gasteiger partial charge is 0.748 e. The van der Waals surface area contributed by atoms with Crippen LogP contribution in [0.15, 0.2) is 0 Å². The van der Waals surface area contributed by atoms with Crippen molar-refractivity contribution in [2.45, 2.75) is 65.2 Å². The zero-order valence-corrected chi connectivity index (χ0v) is 20.0. The number of hydrogen-bond donors (Lipinski definition) is 0. The third-order valence-corrected chi connectivity index (χ3v) is 11.0. The van der Waals surface area contributed by atoms with Gasteiger partial charge in [0, 0.05) is 17.8 Å². The lowest BCUT2D eigenvalue weighted by atomic mass is 9.70. The van der Waals surface area contributed by atoms with E-state index >= 15 is 0 Å². The molecule has 0 amide bonds. The molecule has 4 rings (SSSR count). The third kappa shape index (κ3) is 5.30. The molecule has 1 heterocycles.